The lowest BCUT2D eigenvalue weighted by atomic mass is 10.3. The van der Waals surface area contributed by atoms with E-state index in [0.717, 1.165) is 21.2 Å². The predicted octanol–water partition coefficient (Wildman–Crippen LogP) is 2.73. The second kappa shape index (κ2) is 3.55. The summed E-state index contributed by atoms with van der Waals surface area (Å²) in [6.07, 6.45) is 3.49. The van der Waals surface area contributed by atoms with Gasteiger partial charge in [0.15, 0.2) is 10.8 Å². The van der Waals surface area contributed by atoms with E-state index in [1.807, 2.05) is 26.1 Å². The van der Waals surface area contributed by atoms with Crippen molar-refractivity contribution in [1.29, 1.82) is 0 Å². The van der Waals surface area contributed by atoms with E-state index in [-0.39, 0.29) is 6.04 Å². The quantitative estimate of drug-likeness (QED) is 0.825. The SMILES string of the molecule is Cc1ccoc1-c1ncc(C(C)N)s1. The van der Waals surface area contributed by atoms with Crippen LogP contribution in [0.4, 0.5) is 0 Å². The first-order valence-corrected chi connectivity index (χ1v) is 5.26. The van der Waals surface area contributed by atoms with Gasteiger partial charge in [-0.1, -0.05) is 0 Å². The van der Waals surface area contributed by atoms with Gasteiger partial charge >= 0.3 is 0 Å². The summed E-state index contributed by atoms with van der Waals surface area (Å²) < 4.78 is 5.35. The van der Waals surface area contributed by atoms with E-state index in [0.29, 0.717) is 0 Å². The van der Waals surface area contributed by atoms with Crippen molar-refractivity contribution in [3.05, 3.63) is 29.0 Å². The van der Waals surface area contributed by atoms with Gasteiger partial charge in [-0.2, -0.15) is 0 Å². The van der Waals surface area contributed by atoms with Crippen LogP contribution in [0.2, 0.25) is 0 Å². The van der Waals surface area contributed by atoms with Gasteiger partial charge in [-0.05, 0) is 25.5 Å². The minimum Gasteiger partial charge on any atom is -0.462 e. The van der Waals surface area contributed by atoms with Gasteiger partial charge in [-0.15, -0.1) is 11.3 Å². The van der Waals surface area contributed by atoms with Crippen molar-refractivity contribution in [3.8, 4) is 10.8 Å². The summed E-state index contributed by atoms with van der Waals surface area (Å²) in [6.45, 7) is 3.96. The average Bonchev–Trinajstić information content (AvgIpc) is 2.71. The maximum Gasteiger partial charge on any atom is 0.165 e. The molecule has 0 radical (unpaired) electrons. The van der Waals surface area contributed by atoms with E-state index in [1.54, 1.807) is 17.6 Å². The Labute approximate surface area is 86.6 Å². The first-order chi connectivity index (χ1) is 6.68. The van der Waals surface area contributed by atoms with Gasteiger partial charge in [0.2, 0.25) is 0 Å². The van der Waals surface area contributed by atoms with Crippen LogP contribution in [0.1, 0.15) is 23.4 Å². The molecule has 0 saturated heterocycles. The first-order valence-electron chi connectivity index (χ1n) is 4.44. The van der Waals surface area contributed by atoms with Crippen molar-refractivity contribution in [2.75, 3.05) is 0 Å². The van der Waals surface area contributed by atoms with Crippen LogP contribution in [0.25, 0.3) is 10.8 Å². The van der Waals surface area contributed by atoms with Crippen LogP contribution in [0.5, 0.6) is 0 Å². The Morgan fingerprint density at radius 2 is 2.36 bits per heavy atom. The zero-order valence-corrected chi connectivity index (χ0v) is 8.97. The summed E-state index contributed by atoms with van der Waals surface area (Å²) in [5.41, 5.74) is 6.87. The first kappa shape index (κ1) is 9.43. The summed E-state index contributed by atoms with van der Waals surface area (Å²) in [7, 11) is 0. The van der Waals surface area contributed by atoms with E-state index < -0.39 is 0 Å². The highest BCUT2D eigenvalue weighted by Crippen LogP contribution is 2.30. The van der Waals surface area contributed by atoms with Crippen molar-refractivity contribution < 1.29 is 4.42 Å². The molecule has 0 saturated carbocycles. The molecule has 1 atom stereocenters. The van der Waals surface area contributed by atoms with Crippen molar-refractivity contribution in [2.45, 2.75) is 19.9 Å². The summed E-state index contributed by atoms with van der Waals surface area (Å²) in [5.74, 6) is 0.849. The zero-order chi connectivity index (χ0) is 10.1. The molecule has 0 aromatic carbocycles. The van der Waals surface area contributed by atoms with Crippen molar-refractivity contribution in [2.24, 2.45) is 5.73 Å². The van der Waals surface area contributed by atoms with Crippen LogP contribution < -0.4 is 5.73 Å². The maximum atomic E-state index is 5.76. The fourth-order valence-electron chi connectivity index (χ4n) is 1.19. The summed E-state index contributed by atoms with van der Waals surface area (Å²) >= 11 is 1.58. The highest BCUT2D eigenvalue weighted by molar-refractivity contribution is 7.15. The number of nitrogens with zero attached hydrogens (tertiary/aromatic N) is 1. The Morgan fingerprint density at radius 1 is 1.57 bits per heavy atom. The lowest BCUT2D eigenvalue weighted by Gasteiger charge is -1.96. The van der Waals surface area contributed by atoms with E-state index in [2.05, 4.69) is 4.98 Å². The molecule has 2 aromatic rings. The van der Waals surface area contributed by atoms with E-state index in [1.165, 1.54) is 0 Å². The molecule has 2 rings (SSSR count). The number of furan rings is 1. The zero-order valence-electron chi connectivity index (χ0n) is 8.15. The van der Waals surface area contributed by atoms with Crippen LogP contribution in [0.15, 0.2) is 22.9 Å². The van der Waals surface area contributed by atoms with Crippen molar-refractivity contribution in [3.63, 3.8) is 0 Å². The van der Waals surface area contributed by atoms with Crippen molar-refractivity contribution >= 4 is 11.3 Å². The van der Waals surface area contributed by atoms with E-state index in [9.17, 15) is 0 Å². The van der Waals surface area contributed by atoms with Crippen LogP contribution >= 0.6 is 11.3 Å². The molecule has 0 bridgehead atoms. The molecule has 2 heterocycles. The lowest BCUT2D eigenvalue weighted by Crippen LogP contribution is -2.01. The molecule has 2 N–H and O–H groups in total. The molecule has 1 unspecified atom stereocenters. The van der Waals surface area contributed by atoms with Gasteiger partial charge in [0.05, 0.1) is 6.26 Å². The second-order valence-electron chi connectivity index (χ2n) is 3.29. The van der Waals surface area contributed by atoms with E-state index in [4.69, 9.17) is 10.2 Å². The van der Waals surface area contributed by atoms with Crippen LogP contribution in [0.3, 0.4) is 0 Å². The van der Waals surface area contributed by atoms with Crippen molar-refractivity contribution in [1.82, 2.24) is 4.98 Å². The molecule has 4 heteroatoms. The normalized spacial score (nSPS) is 13.1. The molecule has 0 spiro atoms. The van der Waals surface area contributed by atoms with Gasteiger partial charge in [-0.3, -0.25) is 0 Å². The molecular weight excluding hydrogens is 196 g/mol. The third kappa shape index (κ3) is 1.58. The molecule has 0 amide bonds. The molecule has 0 fully saturated rings. The molecule has 0 aliphatic carbocycles. The van der Waals surface area contributed by atoms with Gasteiger partial charge in [0, 0.05) is 17.1 Å². The average molecular weight is 208 g/mol. The van der Waals surface area contributed by atoms with Crippen LogP contribution in [-0.4, -0.2) is 4.98 Å². The van der Waals surface area contributed by atoms with Gasteiger partial charge < -0.3 is 10.2 Å². The number of aromatic nitrogens is 1. The Bertz CT molecular complexity index is 431. The van der Waals surface area contributed by atoms with Crippen LogP contribution in [0, 0.1) is 6.92 Å². The second-order valence-corrected chi connectivity index (χ2v) is 4.35. The molecule has 14 heavy (non-hydrogen) atoms. The summed E-state index contributed by atoms with van der Waals surface area (Å²) in [5, 5.41) is 0.903. The highest BCUT2D eigenvalue weighted by Gasteiger charge is 2.11. The van der Waals surface area contributed by atoms with Gasteiger partial charge in [-0.25, -0.2) is 4.98 Å². The number of hydrogen-bond donors (Lipinski definition) is 1. The third-order valence-electron chi connectivity index (χ3n) is 2.03. The largest absolute Gasteiger partial charge is 0.462 e. The number of nitrogens with two attached hydrogens (primary N) is 1. The number of aryl methyl sites for hydroxylation is 1. The fraction of sp³-hybridized carbons (Fsp3) is 0.300. The fourth-order valence-corrected chi connectivity index (χ4v) is 2.12. The highest BCUT2D eigenvalue weighted by atomic mass is 32.1. The Morgan fingerprint density at radius 3 is 2.86 bits per heavy atom. The van der Waals surface area contributed by atoms with Gasteiger partial charge in [0.1, 0.15) is 0 Å². The van der Waals surface area contributed by atoms with Gasteiger partial charge in [0.25, 0.3) is 0 Å². The smallest absolute Gasteiger partial charge is 0.165 e. The number of thiazole rings is 1. The molecule has 2 aromatic heterocycles. The van der Waals surface area contributed by atoms with E-state index >= 15 is 0 Å². The number of hydrogen-bond acceptors (Lipinski definition) is 4. The Balaban J connectivity index is 2.39. The maximum absolute atomic E-state index is 5.76. The molecule has 74 valence electrons. The monoisotopic (exact) mass is 208 g/mol. The topological polar surface area (TPSA) is 52.0 Å². The van der Waals surface area contributed by atoms with Crippen LogP contribution in [-0.2, 0) is 0 Å². The standard InChI is InChI=1S/C10H12N2OS/c1-6-3-4-13-9(6)10-12-5-8(14-10)7(2)11/h3-5,7H,11H2,1-2H3. The molecule has 0 aliphatic heterocycles. The summed E-state index contributed by atoms with van der Waals surface area (Å²) in [4.78, 5) is 5.36. The Kier molecular flexibility index (Phi) is 2.39. The number of rotatable bonds is 2. The predicted molar refractivity (Wildman–Crippen MR) is 57.2 cm³/mol. The molecule has 0 aliphatic rings. The Hall–Kier alpha value is -1.13. The molecular formula is C10H12N2OS. The lowest BCUT2D eigenvalue weighted by molar-refractivity contribution is 0.580. The minimum absolute atomic E-state index is 0.0384. The minimum atomic E-state index is 0.0384. The molecule has 3 nitrogen and oxygen atoms in total. The summed E-state index contributed by atoms with van der Waals surface area (Å²) in [6, 6.07) is 1.97. The third-order valence-corrected chi connectivity index (χ3v) is 3.23.